The van der Waals surface area contributed by atoms with Crippen LogP contribution < -0.4 is 0 Å². The van der Waals surface area contributed by atoms with Gasteiger partial charge in [0.2, 0.25) is 0 Å². The van der Waals surface area contributed by atoms with Crippen molar-refractivity contribution in [1.82, 2.24) is 0 Å². The molecule has 0 saturated carbocycles. The van der Waals surface area contributed by atoms with Crippen LogP contribution in [-0.4, -0.2) is 32.9 Å². The molecule has 0 aromatic carbocycles. The van der Waals surface area contributed by atoms with Gasteiger partial charge in [-0.3, -0.25) is 4.79 Å². The number of carbonyl (C=O) groups is 1. The molecule has 0 amide bonds. The first kappa shape index (κ1) is 32.6. The van der Waals surface area contributed by atoms with Crippen LogP contribution in [0.15, 0.2) is 0 Å². The zero-order valence-electron chi connectivity index (χ0n) is 24.8. The van der Waals surface area contributed by atoms with E-state index in [0.29, 0.717) is 28.7 Å². The summed E-state index contributed by atoms with van der Waals surface area (Å²) in [5.74, 6) is 2.01. The van der Waals surface area contributed by atoms with Crippen LogP contribution in [0.5, 0.6) is 0 Å². The predicted molar refractivity (Wildman–Crippen MR) is 148 cm³/mol. The van der Waals surface area contributed by atoms with E-state index in [-0.39, 0.29) is 5.97 Å². The molecule has 0 bridgehead atoms. The highest BCUT2D eigenvalue weighted by molar-refractivity contribution is 6.79. The summed E-state index contributed by atoms with van der Waals surface area (Å²) < 4.78 is 11.8. The normalized spacial score (nSPS) is 16.4. The number of hydrogen-bond acceptors (Lipinski definition) is 3. The maximum absolute atomic E-state index is 12.2. The van der Waals surface area contributed by atoms with Crippen molar-refractivity contribution in [3.8, 4) is 0 Å². The van der Waals surface area contributed by atoms with Gasteiger partial charge in [-0.05, 0) is 75.0 Å². The van der Waals surface area contributed by atoms with Gasteiger partial charge in [-0.15, -0.1) is 0 Å². The fraction of sp³-hybridized carbons (Fsp3) is 0.966. The van der Waals surface area contributed by atoms with Crippen molar-refractivity contribution >= 4 is 14.0 Å². The van der Waals surface area contributed by atoms with Gasteiger partial charge >= 0.3 is 5.97 Å². The number of rotatable bonds is 14. The van der Waals surface area contributed by atoms with Crippen LogP contribution in [0, 0.1) is 28.6 Å². The van der Waals surface area contributed by atoms with Crippen LogP contribution in [0.4, 0.5) is 0 Å². The van der Waals surface area contributed by atoms with Gasteiger partial charge in [-0.1, -0.05) is 80.9 Å². The third-order valence-electron chi connectivity index (χ3n) is 6.25. The number of ether oxygens (including phenoxy) is 2. The first-order valence-electron chi connectivity index (χ1n) is 13.5. The van der Waals surface area contributed by atoms with Gasteiger partial charge in [-0.25, -0.2) is 0 Å². The molecular weight excluding hydrogens is 424 g/mol. The Kier molecular flexibility index (Phi) is 13.5. The van der Waals surface area contributed by atoms with Crippen LogP contribution in [-0.2, 0) is 14.3 Å². The molecule has 0 aromatic heterocycles. The molecule has 3 unspecified atom stereocenters. The molecule has 0 aliphatic heterocycles. The van der Waals surface area contributed by atoms with Crippen LogP contribution in [0.3, 0.4) is 0 Å². The Morgan fingerprint density at radius 3 is 1.88 bits per heavy atom. The third kappa shape index (κ3) is 19.6. The van der Waals surface area contributed by atoms with Gasteiger partial charge < -0.3 is 9.47 Å². The largest absolute Gasteiger partial charge is 0.460 e. The summed E-state index contributed by atoms with van der Waals surface area (Å²) in [7, 11) is -1.60. The molecule has 0 aliphatic carbocycles. The second-order valence-electron chi connectivity index (χ2n) is 15.1. The first-order chi connectivity index (χ1) is 14.7. The van der Waals surface area contributed by atoms with Gasteiger partial charge in [-0.2, -0.15) is 0 Å². The van der Waals surface area contributed by atoms with Crippen LogP contribution in [0.25, 0.3) is 0 Å². The van der Waals surface area contributed by atoms with Crippen molar-refractivity contribution in [1.29, 1.82) is 0 Å². The van der Waals surface area contributed by atoms with E-state index >= 15 is 0 Å². The standard InChI is InChI=1S/C29H60O3Si/c1-23(19-27(3,4)5)15-16-25(24(2)20-28(6,7)8)21-31-17-14-18-33(12,13)22-26(30)32-29(9,10)11/h23-25H,14-22H2,1-13H3. The molecule has 0 rings (SSSR count). The topological polar surface area (TPSA) is 35.5 Å². The molecule has 3 nitrogen and oxygen atoms in total. The highest BCUT2D eigenvalue weighted by Crippen LogP contribution is 2.34. The first-order valence-corrected chi connectivity index (χ1v) is 16.9. The summed E-state index contributed by atoms with van der Waals surface area (Å²) in [6.07, 6.45) is 6.11. The summed E-state index contributed by atoms with van der Waals surface area (Å²) in [5.41, 5.74) is 0.359. The summed E-state index contributed by atoms with van der Waals surface area (Å²) in [4.78, 5) is 12.2. The van der Waals surface area contributed by atoms with Gasteiger partial charge in [0, 0.05) is 19.3 Å². The van der Waals surface area contributed by atoms with Crippen LogP contribution in [0.2, 0.25) is 25.2 Å². The molecule has 0 saturated heterocycles. The molecule has 3 atom stereocenters. The van der Waals surface area contributed by atoms with E-state index < -0.39 is 13.7 Å². The Morgan fingerprint density at radius 1 is 0.848 bits per heavy atom. The lowest BCUT2D eigenvalue weighted by Crippen LogP contribution is -2.33. The molecule has 0 radical (unpaired) electrons. The molecule has 0 aliphatic rings. The molecular formula is C29H60O3Si. The molecule has 198 valence electrons. The van der Waals surface area contributed by atoms with Crippen LogP contribution >= 0.6 is 0 Å². The third-order valence-corrected chi connectivity index (χ3v) is 9.20. The van der Waals surface area contributed by atoms with Gasteiger partial charge in [0.15, 0.2) is 0 Å². The van der Waals surface area contributed by atoms with Crippen molar-refractivity contribution in [3.05, 3.63) is 0 Å². The van der Waals surface area contributed by atoms with E-state index in [1.807, 2.05) is 20.8 Å². The average Bonchev–Trinajstić information content (AvgIpc) is 2.51. The highest BCUT2D eigenvalue weighted by atomic mass is 28.3. The fourth-order valence-electron chi connectivity index (χ4n) is 5.05. The highest BCUT2D eigenvalue weighted by Gasteiger charge is 2.28. The zero-order chi connectivity index (χ0) is 26.1. The van der Waals surface area contributed by atoms with E-state index in [1.54, 1.807) is 0 Å². The Hall–Kier alpha value is -0.353. The predicted octanol–water partition coefficient (Wildman–Crippen LogP) is 8.98. The minimum absolute atomic E-state index is 0.0412. The summed E-state index contributed by atoms with van der Waals surface area (Å²) in [5, 5.41) is 0. The van der Waals surface area contributed by atoms with Gasteiger partial charge in [0.05, 0.1) is 8.07 Å². The van der Waals surface area contributed by atoms with Gasteiger partial charge in [0.1, 0.15) is 5.60 Å². The lowest BCUT2D eigenvalue weighted by Gasteiger charge is -2.31. The van der Waals surface area contributed by atoms with Crippen LogP contribution in [0.1, 0.15) is 108 Å². The minimum atomic E-state index is -1.60. The SMILES string of the molecule is CC(CCC(COCCC[Si](C)(C)CC(=O)OC(C)(C)C)C(C)CC(C)(C)C)CC(C)(C)C. The Bertz CT molecular complexity index is 549. The molecule has 0 fully saturated rings. The van der Waals surface area contributed by atoms with Crippen molar-refractivity contribution in [2.24, 2.45) is 28.6 Å². The Morgan fingerprint density at radius 2 is 1.39 bits per heavy atom. The summed E-state index contributed by atoms with van der Waals surface area (Å²) in [6.45, 7) is 31.0. The number of esters is 1. The summed E-state index contributed by atoms with van der Waals surface area (Å²) >= 11 is 0. The van der Waals surface area contributed by atoms with Crippen molar-refractivity contribution in [2.75, 3.05) is 13.2 Å². The second kappa shape index (κ2) is 13.7. The summed E-state index contributed by atoms with van der Waals surface area (Å²) in [6, 6.07) is 1.71. The van der Waals surface area contributed by atoms with Crippen molar-refractivity contribution < 1.29 is 14.3 Å². The van der Waals surface area contributed by atoms with E-state index in [9.17, 15) is 4.79 Å². The number of carbonyl (C=O) groups excluding carboxylic acids is 1. The monoisotopic (exact) mass is 484 g/mol. The quantitative estimate of drug-likeness (QED) is 0.140. The minimum Gasteiger partial charge on any atom is -0.460 e. The zero-order valence-corrected chi connectivity index (χ0v) is 25.8. The number of hydrogen-bond donors (Lipinski definition) is 0. The van der Waals surface area contributed by atoms with Gasteiger partial charge in [0.25, 0.3) is 0 Å². The Labute approximate surface area is 209 Å². The average molecular weight is 485 g/mol. The smallest absolute Gasteiger partial charge is 0.303 e. The second-order valence-corrected chi connectivity index (χ2v) is 20.2. The van der Waals surface area contributed by atoms with E-state index in [2.05, 4.69) is 68.5 Å². The maximum atomic E-state index is 12.2. The molecule has 0 N–H and O–H groups in total. The molecule has 0 heterocycles. The Balaban J connectivity index is 4.62. The van der Waals surface area contributed by atoms with Crippen molar-refractivity contribution in [3.63, 3.8) is 0 Å². The fourth-order valence-corrected chi connectivity index (χ4v) is 7.19. The lowest BCUT2D eigenvalue weighted by atomic mass is 9.76. The molecule has 33 heavy (non-hydrogen) atoms. The van der Waals surface area contributed by atoms with Crippen molar-refractivity contribution in [2.45, 2.75) is 139 Å². The van der Waals surface area contributed by atoms with E-state index in [1.165, 1.54) is 25.7 Å². The molecule has 4 heteroatoms. The lowest BCUT2D eigenvalue weighted by molar-refractivity contribution is -0.152. The maximum Gasteiger partial charge on any atom is 0.303 e. The van der Waals surface area contributed by atoms with E-state index in [4.69, 9.17) is 9.47 Å². The molecule has 0 aromatic rings. The molecule has 0 spiro atoms. The van der Waals surface area contributed by atoms with E-state index in [0.717, 1.165) is 31.6 Å².